The maximum atomic E-state index is 11.7. The van der Waals surface area contributed by atoms with Gasteiger partial charge in [0, 0.05) is 30.9 Å². The van der Waals surface area contributed by atoms with Gasteiger partial charge in [-0.2, -0.15) is 0 Å². The van der Waals surface area contributed by atoms with Crippen LogP contribution in [0.25, 0.3) is 0 Å². The number of benzene rings is 1. The van der Waals surface area contributed by atoms with E-state index < -0.39 is 0 Å². The summed E-state index contributed by atoms with van der Waals surface area (Å²) in [6, 6.07) is 6.89. The third-order valence-corrected chi connectivity index (χ3v) is 2.49. The third kappa shape index (κ3) is 5.07. The Morgan fingerprint density at radius 1 is 1.32 bits per heavy atom. The van der Waals surface area contributed by atoms with Crippen LogP contribution in [-0.2, 0) is 14.3 Å². The first-order chi connectivity index (χ1) is 9.06. The van der Waals surface area contributed by atoms with Crippen LogP contribution >= 0.6 is 0 Å². The van der Waals surface area contributed by atoms with E-state index in [0.717, 1.165) is 0 Å². The highest BCUT2D eigenvalue weighted by atomic mass is 16.5. The average Bonchev–Trinajstić information content (AvgIpc) is 2.38. The summed E-state index contributed by atoms with van der Waals surface area (Å²) >= 11 is 0. The fourth-order valence-electron chi connectivity index (χ4n) is 1.38. The maximum Gasteiger partial charge on any atom is 0.250 e. The first-order valence-electron chi connectivity index (χ1n) is 5.96. The zero-order valence-corrected chi connectivity index (χ0v) is 11.1. The zero-order valence-electron chi connectivity index (χ0n) is 11.1. The predicted octanol–water partition coefficient (Wildman–Crippen LogP) is 0.805. The van der Waals surface area contributed by atoms with Crippen molar-refractivity contribution in [2.45, 2.75) is 6.92 Å². The predicted molar refractivity (Wildman–Crippen MR) is 73.8 cm³/mol. The fourth-order valence-corrected chi connectivity index (χ4v) is 1.38. The zero-order chi connectivity index (χ0) is 14.3. The van der Waals surface area contributed by atoms with E-state index in [2.05, 4.69) is 10.6 Å². The van der Waals surface area contributed by atoms with Crippen molar-refractivity contribution in [2.24, 2.45) is 11.7 Å². The number of carbonyl (C=O) groups excluding carboxylic acids is 2. The number of methoxy groups -OCH3 is 1. The number of amides is 2. The Kier molecular flexibility index (Phi) is 5.98. The van der Waals surface area contributed by atoms with Gasteiger partial charge >= 0.3 is 0 Å². The summed E-state index contributed by atoms with van der Waals surface area (Å²) in [5.74, 6) is -0.657. The van der Waals surface area contributed by atoms with E-state index in [1.54, 1.807) is 31.2 Å². The van der Waals surface area contributed by atoms with E-state index in [-0.39, 0.29) is 30.9 Å². The fraction of sp³-hybridized carbons (Fsp3) is 0.385. The van der Waals surface area contributed by atoms with Gasteiger partial charge in [-0.15, -0.1) is 0 Å². The molecule has 4 N–H and O–H groups in total. The molecule has 0 saturated heterocycles. The Labute approximate surface area is 112 Å². The lowest BCUT2D eigenvalue weighted by Gasteiger charge is -2.11. The molecule has 1 aromatic carbocycles. The molecule has 0 aliphatic rings. The highest BCUT2D eigenvalue weighted by Gasteiger charge is 2.11. The van der Waals surface area contributed by atoms with Crippen molar-refractivity contribution in [1.29, 1.82) is 0 Å². The van der Waals surface area contributed by atoms with Gasteiger partial charge in [-0.3, -0.25) is 9.59 Å². The van der Waals surface area contributed by atoms with E-state index in [1.165, 1.54) is 7.11 Å². The minimum Gasteiger partial charge on any atom is -0.375 e. The minimum absolute atomic E-state index is 0.0131. The lowest BCUT2D eigenvalue weighted by Crippen LogP contribution is -2.26. The van der Waals surface area contributed by atoms with Gasteiger partial charge in [0.15, 0.2) is 0 Å². The van der Waals surface area contributed by atoms with Crippen molar-refractivity contribution in [3.8, 4) is 0 Å². The molecule has 19 heavy (non-hydrogen) atoms. The van der Waals surface area contributed by atoms with Gasteiger partial charge in [-0.05, 0) is 18.2 Å². The van der Waals surface area contributed by atoms with Gasteiger partial charge < -0.3 is 21.1 Å². The van der Waals surface area contributed by atoms with Crippen molar-refractivity contribution in [2.75, 3.05) is 30.9 Å². The number of rotatable bonds is 6. The van der Waals surface area contributed by atoms with Crippen LogP contribution in [0.1, 0.15) is 6.92 Å². The van der Waals surface area contributed by atoms with Crippen molar-refractivity contribution < 1.29 is 14.3 Å². The average molecular weight is 265 g/mol. The van der Waals surface area contributed by atoms with Crippen LogP contribution in [-0.4, -0.2) is 32.1 Å². The van der Waals surface area contributed by atoms with Gasteiger partial charge in [-0.25, -0.2) is 0 Å². The van der Waals surface area contributed by atoms with Gasteiger partial charge in [0.2, 0.25) is 11.8 Å². The topological polar surface area (TPSA) is 93.5 Å². The Balaban J connectivity index is 2.66. The summed E-state index contributed by atoms with van der Waals surface area (Å²) in [6.07, 6.45) is 0. The minimum atomic E-state index is -0.258. The number of ether oxygens (including phenoxy) is 1. The van der Waals surface area contributed by atoms with Crippen molar-refractivity contribution >= 4 is 23.2 Å². The Morgan fingerprint density at radius 2 is 1.95 bits per heavy atom. The Hall–Kier alpha value is -1.92. The molecule has 104 valence electrons. The van der Waals surface area contributed by atoms with Gasteiger partial charge in [0.05, 0.1) is 0 Å². The summed E-state index contributed by atoms with van der Waals surface area (Å²) in [4.78, 5) is 23.0. The number of hydrogen-bond donors (Lipinski definition) is 3. The van der Waals surface area contributed by atoms with Gasteiger partial charge in [-0.1, -0.05) is 13.0 Å². The molecule has 0 bridgehead atoms. The SMILES string of the molecule is COCC(=O)Nc1cccc(NC(=O)C(C)CN)c1. The monoisotopic (exact) mass is 265 g/mol. The highest BCUT2D eigenvalue weighted by molar-refractivity contribution is 5.95. The molecule has 2 amide bonds. The lowest BCUT2D eigenvalue weighted by atomic mass is 10.1. The third-order valence-electron chi connectivity index (χ3n) is 2.49. The summed E-state index contributed by atoms with van der Waals surface area (Å²) in [7, 11) is 1.45. The van der Waals surface area contributed by atoms with E-state index >= 15 is 0 Å². The number of anilines is 2. The summed E-state index contributed by atoms with van der Waals surface area (Å²) in [5.41, 5.74) is 6.63. The molecule has 1 unspecified atom stereocenters. The molecular formula is C13H19N3O3. The summed E-state index contributed by atoms with van der Waals surface area (Å²) in [5, 5.41) is 5.40. The molecular weight excluding hydrogens is 246 g/mol. The molecule has 6 nitrogen and oxygen atoms in total. The van der Waals surface area contributed by atoms with Crippen molar-refractivity contribution in [3.05, 3.63) is 24.3 Å². The second kappa shape index (κ2) is 7.50. The molecule has 0 aliphatic heterocycles. The number of hydrogen-bond acceptors (Lipinski definition) is 4. The van der Waals surface area contributed by atoms with E-state index in [0.29, 0.717) is 11.4 Å². The van der Waals surface area contributed by atoms with Crippen LogP contribution in [0.15, 0.2) is 24.3 Å². The van der Waals surface area contributed by atoms with Crippen LogP contribution in [0.5, 0.6) is 0 Å². The second-order valence-corrected chi connectivity index (χ2v) is 4.19. The molecule has 0 radical (unpaired) electrons. The Morgan fingerprint density at radius 3 is 2.53 bits per heavy atom. The molecule has 0 aromatic heterocycles. The molecule has 6 heteroatoms. The number of nitrogens with two attached hydrogens (primary N) is 1. The van der Waals surface area contributed by atoms with Gasteiger partial charge in [0.25, 0.3) is 0 Å². The first-order valence-corrected chi connectivity index (χ1v) is 5.96. The van der Waals surface area contributed by atoms with Crippen LogP contribution < -0.4 is 16.4 Å². The maximum absolute atomic E-state index is 11.7. The number of carbonyl (C=O) groups is 2. The van der Waals surface area contributed by atoms with Crippen LogP contribution in [0.2, 0.25) is 0 Å². The standard InChI is InChI=1S/C13H19N3O3/c1-9(7-14)13(18)16-11-5-3-4-10(6-11)15-12(17)8-19-2/h3-6,9H,7-8,14H2,1-2H3,(H,15,17)(H,16,18). The molecule has 0 saturated carbocycles. The Bertz CT molecular complexity index is 449. The highest BCUT2D eigenvalue weighted by Crippen LogP contribution is 2.15. The molecule has 0 heterocycles. The number of nitrogens with one attached hydrogen (secondary N) is 2. The molecule has 1 atom stereocenters. The first kappa shape index (κ1) is 15.1. The van der Waals surface area contributed by atoms with E-state index in [1.807, 2.05) is 0 Å². The van der Waals surface area contributed by atoms with Crippen LogP contribution in [0, 0.1) is 5.92 Å². The van der Waals surface area contributed by atoms with Crippen LogP contribution in [0.3, 0.4) is 0 Å². The smallest absolute Gasteiger partial charge is 0.250 e. The molecule has 1 aromatic rings. The quantitative estimate of drug-likeness (QED) is 0.709. The van der Waals surface area contributed by atoms with Crippen LogP contribution in [0.4, 0.5) is 11.4 Å². The van der Waals surface area contributed by atoms with E-state index in [4.69, 9.17) is 10.5 Å². The summed E-state index contributed by atoms with van der Waals surface area (Å²) < 4.78 is 4.72. The normalized spacial score (nSPS) is 11.7. The molecule has 1 rings (SSSR count). The largest absolute Gasteiger partial charge is 0.375 e. The van der Waals surface area contributed by atoms with Crippen molar-refractivity contribution in [3.63, 3.8) is 0 Å². The van der Waals surface area contributed by atoms with E-state index in [9.17, 15) is 9.59 Å². The van der Waals surface area contributed by atoms with Crippen molar-refractivity contribution in [1.82, 2.24) is 0 Å². The summed E-state index contributed by atoms with van der Waals surface area (Å²) in [6.45, 7) is 2.02. The van der Waals surface area contributed by atoms with Gasteiger partial charge in [0.1, 0.15) is 6.61 Å². The molecule has 0 spiro atoms. The molecule has 0 fully saturated rings. The lowest BCUT2D eigenvalue weighted by molar-refractivity contribution is -0.120. The molecule has 0 aliphatic carbocycles. The second-order valence-electron chi connectivity index (χ2n) is 4.19.